The van der Waals surface area contributed by atoms with Crippen molar-refractivity contribution in [3.8, 4) is 0 Å². The number of nitrogens with zero attached hydrogens (tertiary/aromatic N) is 2. The van der Waals surface area contributed by atoms with Crippen LogP contribution >= 0.6 is 0 Å². The van der Waals surface area contributed by atoms with E-state index in [9.17, 15) is 4.79 Å². The number of rotatable bonds is 8. The van der Waals surface area contributed by atoms with E-state index in [2.05, 4.69) is 28.7 Å². The van der Waals surface area contributed by atoms with Crippen molar-refractivity contribution >= 4 is 5.82 Å². The van der Waals surface area contributed by atoms with Crippen LogP contribution in [0.4, 0.5) is 5.82 Å². The van der Waals surface area contributed by atoms with Crippen LogP contribution in [0.3, 0.4) is 0 Å². The standard InChI is InChI=1S/C15H27N3O/c1-5-7-9-18(10-8-6-2)13-11-14(19)17-15(16-13)12(3)4/h11-12H,5-10H2,1-4H3,(H,16,17,19). The van der Waals surface area contributed by atoms with Gasteiger partial charge in [0, 0.05) is 25.1 Å². The molecule has 0 bridgehead atoms. The van der Waals surface area contributed by atoms with Crippen LogP contribution in [-0.4, -0.2) is 23.1 Å². The Balaban J connectivity index is 2.95. The lowest BCUT2D eigenvalue weighted by molar-refractivity contribution is 0.662. The summed E-state index contributed by atoms with van der Waals surface area (Å²) < 4.78 is 0. The molecule has 0 atom stereocenters. The molecule has 1 aromatic heterocycles. The van der Waals surface area contributed by atoms with E-state index < -0.39 is 0 Å². The van der Waals surface area contributed by atoms with E-state index >= 15 is 0 Å². The van der Waals surface area contributed by atoms with Gasteiger partial charge in [0.05, 0.1) is 0 Å². The number of anilines is 1. The smallest absolute Gasteiger partial charge is 0.252 e. The fourth-order valence-corrected chi connectivity index (χ4v) is 1.94. The van der Waals surface area contributed by atoms with Crippen LogP contribution in [0, 0.1) is 0 Å². The summed E-state index contributed by atoms with van der Waals surface area (Å²) in [5.41, 5.74) is -0.0494. The Morgan fingerprint density at radius 3 is 2.26 bits per heavy atom. The lowest BCUT2D eigenvalue weighted by Gasteiger charge is -2.24. The Hall–Kier alpha value is -1.32. The van der Waals surface area contributed by atoms with Gasteiger partial charge < -0.3 is 9.88 Å². The second-order valence-electron chi connectivity index (χ2n) is 5.34. The van der Waals surface area contributed by atoms with Crippen molar-refractivity contribution in [1.29, 1.82) is 0 Å². The lowest BCUT2D eigenvalue weighted by atomic mass is 10.2. The van der Waals surface area contributed by atoms with Crippen molar-refractivity contribution in [2.45, 2.75) is 59.3 Å². The zero-order valence-electron chi connectivity index (χ0n) is 12.7. The van der Waals surface area contributed by atoms with Crippen LogP contribution in [0.1, 0.15) is 65.1 Å². The summed E-state index contributed by atoms with van der Waals surface area (Å²) in [6, 6.07) is 1.62. The van der Waals surface area contributed by atoms with E-state index in [0.717, 1.165) is 50.4 Å². The minimum Gasteiger partial charge on any atom is -0.356 e. The van der Waals surface area contributed by atoms with Crippen LogP contribution in [0.15, 0.2) is 10.9 Å². The van der Waals surface area contributed by atoms with Gasteiger partial charge in [-0.3, -0.25) is 4.79 Å². The minimum absolute atomic E-state index is 0.0494. The molecular weight excluding hydrogens is 238 g/mol. The normalized spacial score (nSPS) is 11.0. The lowest BCUT2D eigenvalue weighted by Crippen LogP contribution is -2.29. The van der Waals surface area contributed by atoms with E-state index in [0.29, 0.717) is 0 Å². The van der Waals surface area contributed by atoms with Gasteiger partial charge in [0.1, 0.15) is 11.6 Å². The molecule has 0 saturated heterocycles. The zero-order chi connectivity index (χ0) is 14.3. The van der Waals surface area contributed by atoms with Crippen LogP contribution < -0.4 is 10.5 Å². The number of hydrogen-bond donors (Lipinski definition) is 1. The van der Waals surface area contributed by atoms with Gasteiger partial charge in [0.25, 0.3) is 5.56 Å². The number of aromatic amines is 1. The molecule has 0 radical (unpaired) electrons. The average molecular weight is 265 g/mol. The van der Waals surface area contributed by atoms with Gasteiger partial charge in [-0.2, -0.15) is 0 Å². The predicted molar refractivity (Wildman–Crippen MR) is 81.0 cm³/mol. The molecule has 108 valence electrons. The Morgan fingerprint density at radius 2 is 1.79 bits per heavy atom. The van der Waals surface area contributed by atoms with Gasteiger partial charge in [-0.15, -0.1) is 0 Å². The second kappa shape index (κ2) is 7.97. The number of hydrogen-bond acceptors (Lipinski definition) is 3. The summed E-state index contributed by atoms with van der Waals surface area (Å²) in [4.78, 5) is 21.4. The molecule has 0 spiro atoms. The third-order valence-electron chi connectivity index (χ3n) is 3.18. The van der Waals surface area contributed by atoms with Crippen molar-refractivity contribution in [2.24, 2.45) is 0 Å². The zero-order valence-corrected chi connectivity index (χ0v) is 12.7. The van der Waals surface area contributed by atoms with Crippen LogP contribution in [0.2, 0.25) is 0 Å². The Labute approximate surface area is 116 Å². The Morgan fingerprint density at radius 1 is 1.21 bits per heavy atom. The van der Waals surface area contributed by atoms with Gasteiger partial charge in [-0.1, -0.05) is 40.5 Å². The first-order valence-corrected chi connectivity index (χ1v) is 7.44. The topological polar surface area (TPSA) is 49.0 Å². The highest BCUT2D eigenvalue weighted by molar-refractivity contribution is 5.37. The van der Waals surface area contributed by atoms with E-state index in [-0.39, 0.29) is 11.5 Å². The highest BCUT2D eigenvalue weighted by Crippen LogP contribution is 2.14. The fourth-order valence-electron chi connectivity index (χ4n) is 1.94. The third kappa shape index (κ3) is 5.05. The largest absolute Gasteiger partial charge is 0.356 e. The summed E-state index contributed by atoms with van der Waals surface area (Å²) >= 11 is 0. The number of unbranched alkanes of at least 4 members (excludes halogenated alkanes) is 2. The van der Waals surface area contributed by atoms with Gasteiger partial charge in [0.2, 0.25) is 0 Å². The molecule has 0 unspecified atom stereocenters. The van der Waals surface area contributed by atoms with E-state index in [4.69, 9.17) is 0 Å². The van der Waals surface area contributed by atoms with Crippen molar-refractivity contribution in [1.82, 2.24) is 9.97 Å². The van der Waals surface area contributed by atoms with Crippen LogP contribution in [-0.2, 0) is 0 Å². The van der Waals surface area contributed by atoms with E-state index in [1.54, 1.807) is 6.07 Å². The van der Waals surface area contributed by atoms with Gasteiger partial charge in [-0.25, -0.2) is 4.98 Å². The van der Waals surface area contributed by atoms with Crippen LogP contribution in [0.25, 0.3) is 0 Å². The number of nitrogens with one attached hydrogen (secondary N) is 1. The summed E-state index contributed by atoms with van der Waals surface area (Å²) in [6.07, 6.45) is 4.58. The molecule has 1 aromatic rings. The molecule has 4 nitrogen and oxygen atoms in total. The summed E-state index contributed by atoms with van der Waals surface area (Å²) in [5, 5.41) is 0. The second-order valence-corrected chi connectivity index (χ2v) is 5.34. The quantitative estimate of drug-likeness (QED) is 0.784. The molecule has 0 aromatic carbocycles. The van der Waals surface area contributed by atoms with Crippen molar-refractivity contribution in [2.75, 3.05) is 18.0 Å². The van der Waals surface area contributed by atoms with Crippen molar-refractivity contribution in [3.63, 3.8) is 0 Å². The summed E-state index contributed by atoms with van der Waals surface area (Å²) in [6.45, 7) is 10.4. The average Bonchev–Trinajstić information content (AvgIpc) is 2.38. The summed E-state index contributed by atoms with van der Waals surface area (Å²) in [7, 11) is 0. The molecule has 0 amide bonds. The molecule has 1 N–H and O–H groups in total. The monoisotopic (exact) mass is 265 g/mol. The maximum absolute atomic E-state index is 11.7. The molecule has 0 fully saturated rings. The van der Waals surface area contributed by atoms with Crippen molar-refractivity contribution < 1.29 is 0 Å². The molecule has 1 rings (SSSR count). The molecule has 4 heteroatoms. The first kappa shape index (κ1) is 15.7. The highest BCUT2D eigenvalue weighted by atomic mass is 16.1. The van der Waals surface area contributed by atoms with Gasteiger partial charge >= 0.3 is 0 Å². The van der Waals surface area contributed by atoms with E-state index in [1.165, 1.54) is 0 Å². The molecule has 0 aliphatic heterocycles. The Kier molecular flexibility index (Phi) is 6.60. The molecule has 0 aliphatic rings. The number of H-pyrrole nitrogens is 1. The summed E-state index contributed by atoms with van der Waals surface area (Å²) in [5.74, 6) is 1.85. The third-order valence-corrected chi connectivity index (χ3v) is 3.18. The molecule has 0 saturated carbocycles. The van der Waals surface area contributed by atoms with Crippen LogP contribution in [0.5, 0.6) is 0 Å². The first-order valence-electron chi connectivity index (χ1n) is 7.44. The SMILES string of the molecule is CCCCN(CCCC)c1cc(=O)[nH]c(C(C)C)n1. The highest BCUT2D eigenvalue weighted by Gasteiger charge is 2.11. The predicted octanol–water partition coefficient (Wildman–Crippen LogP) is 3.30. The molecular formula is C15H27N3O. The first-order chi connectivity index (χ1) is 9.08. The molecule has 19 heavy (non-hydrogen) atoms. The maximum atomic E-state index is 11.7. The molecule has 0 aliphatic carbocycles. The maximum Gasteiger partial charge on any atom is 0.252 e. The number of aromatic nitrogens is 2. The van der Waals surface area contributed by atoms with Crippen molar-refractivity contribution in [3.05, 3.63) is 22.2 Å². The van der Waals surface area contributed by atoms with Gasteiger partial charge in [-0.05, 0) is 12.8 Å². The Bertz CT molecular complexity index is 418. The van der Waals surface area contributed by atoms with E-state index in [1.807, 2.05) is 13.8 Å². The minimum atomic E-state index is -0.0494. The van der Waals surface area contributed by atoms with Gasteiger partial charge in [0.15, 0.2) is 0 Å². The molecule has 1 heterocycles. The fraction of sp³-hybridized carbons (Fsp3) is 0.733.